The minimum atomic E-state index is -0.0188. The van der Waals surface area contributed by atoms with E-state index in [1.165, 1.54) is 5.56 Å². The van der Waals surface area contributed by atoms with Crippen LogP contribution in [-0.4, -0.2) is 46.2 Å². The van der Waals surface area contributed by atoms with Crippen molar-refractivity contribution in [3.05, 3.63) is 72.3 Å². The van der Waals surface area contributed by atoms with Gasteiger partial charge in [0.25, 0.3) is 0 Å². The summed E-state index contributed by atoms with van der Waals surface area (Å²) in [5.74, 6) is 2.43. The summed E-state index contributed by atoms with van der Waals surface area (Å²) in [4.78, 5) is 0. The van der Waals surface area contributed by atoms with Crippen LogP contribution in [0.3, 0.4) is 0 Å². The Morgan fingerprint density at radius 2 is 1.75 bits per heavy atom. The second-order valence-corrected chi connectivity index (χ2v) is 8.08. The molecule has 3 heterocycles. The molecule has 0 saturated carbocycles. The van der Waals surface area contributed by atoms with Gasteiger partial charge in [-0.2, -0.15) is 4.52 Å². The Morgan fingerprint density at radius 3 is 2.50 bits per heavy atom. The predicted molar refractivity (Wildman–Crippen MR) is 124 cm³/mol. The maximum Gasteiger partial charge on any atom is 0.185 e. The molecule has 0 spiro atoms. The standard InChI is InChI=1S/C25H27N5O2/c1-2-32-21-10-8-20(9-11-21)25(14-16-31-17-15-25)18-26-22-12-13-23-27-28-24(30(23)29-22)19-6-4-3-5-7-19/h3-13H,2,14-18H2,1H3,(H,26,29). The molecular weight excluding hydrogens is 402 g/mol. The molecule has 0 unspecified atom stereocenters. The highest BCUT2D eigenvalue weighted by Gasteiger charge is 2.34. The fourth-order valence-corrected chi connectivity index (χ4v) is 4.31. The normalized spacial score (nSPS) is 15.5. The third kappa shape index (κ3) is 4.03. The first-order chi connectivity index (χ1) is 15.8. The first-order valence-corrected chi connectivity index (χ1v) is 11.1. The van der Waals surface area contributed by atoms with Crippen LogP contribution in [0.4, 0.5) is 5.82 Å². The number of aromatic nitrogens is 4. The van der Waals surface area contributed by atoms with Gasteiger partial charge in [-0.15, -0.1) is 15.3 Å². The lowest BCUT2D eigenvalue weighted by molar-refractivity contribution is 0.0543. The lowest BCUT2D eigenvalue weighted by Gasteiger charge is -2.38. The molecule has 1 saturated heterocycles. The second kappa shape index (κ2) is 8.96. The first kappa shape index (κ1) is 20.5. The van der Waals surface area contributed by atoms with Crippen LogP contribution in [0.1, 0.15) is 25.3 Å². The Bertz CT molecular complexity index is 1170. The predicted octanol–water partition coefficient (Wildman–Crippen LogP) is 4.35. The number of nitrogens with zero attached hydrogens (tertiary/aromatic N) is 4. The van der Waals surface area contributed by atoms with Gasteiger partial charge in [0, 0.05) is 30.7 Å². The zero-order valence-corrected chi connectivity index (χ0v) is 18.2. The summed E-state index contributed by atoms with van der Waals surface area (Å²) < 4.78 is 13.1. The van der Waals surface area contributed by atoms with Crippen LogP contribution in [0.25, 0.3) is 17.0 Å². The van der Waals surface area contributed by atoms with E-state index in [9.17, 15) is 0 Å². The van der Waals surface area contributed by atoms with Gasteiger partial charge in [-0.3, -0.25) is 0 Å². The monoisotopic (exact) mass is 429 g/mol. The van der Waals surface area contributed by atoms with Crippen LogP contribution >= 0.6 is 0 Å². The third-order valence-corrected chi connectivity index (χ3v) is 6.13. The number of hydrogen-bond donors (Lipinski definition) is 1. The highest BCUT2D eigenvalue weighted by molar-refractivity contribution is 5.59. The third-order valence-electron chi connectivity index (χ3n) is 6.13. The summed E-state index contributed by atoms with van der Waals surface area (Å²) in [6.45, 7) is 4.95. The molecule has 0 bridgehead atoms. The summed E-state index contributed by atoms with van der Waals surface area (Å²) >= 11 is 0. The molecule has 0 aliphatic carbocycles. The number of fused-ring (bicyclic) bond motifs is 1. The van der Waals surface area contributed by atoms with Crippen LogP contribution < -0.4 is 10.1 Å². The van der Waals surface area contributed by atoms with E-state index >= 15 is 0 Å². The van der Waals surface area contributed by atoms with E-state index in [1.54, 1.807) is 4.52 Å². The Labute approximate surface area is 187 Å². The van der Waals surface area contributed by atoms with E-state index in [2.05, 4.69) is 39.8 Å². The molecule has 0 amide bonds. The largest absolute Gasteiger partial charge is 0.494 e. The van der Waals surface area contributed by atoms with Gasteiger partial charge in [0.1, 0.15) is 11.6 Å². The minimum Gasteiger partial charge on any atom is -0.494 e. The molecule has 32 heavy (non-hydrogen) atoms. The average Bonchev–Trinajstić information content (AvgIpc) is 3.28. The van der Waals surface area contributed by atoms with Gasteiger partial charge in [0.2, 0.25) is 0 Å². The van der Waals surface area contributed by atoms with Gasteiger partial charge >= 0.3 is 0 Å². The molecule has 5 rings (SSSR count). The fourth-order valence-electron chi connectivity index (χ4n) is 4.31. The van der Waals surface area contributed by atoms with Crippen molar-refractivity contribution in [2.45, 2.75) is 25.2 Å². The summed E-state index contributed by atoms with van der Waals surface area (Å²) in [7, 11) is 0. The molecule has 1 aliphatic rings. The first-order valence-electron chi connectivity index (χ1n) is 11.1. The quantitative estimate of drug-likeness (QED) is 0.471. The number of benzene rings is 2. The number of rotatable bonds is 7. The van der Waals surface area contributed by atoms with Gasteiger partial charge in [-0.1, -0.05) is 42.5 Å². The Balaban J connectivity index is 1.41. The smallest absolute Gasteiger partial charge is 0.185 e. The molecular formula is C25H27N5O2. The topological polar surface area (TPSA) is 73.6 Å². The van der Waals surface area contributed by atoms with Crippen LogP contribution in [0.2, 0.25) is 0 Å². The molecule has 1 fully saturated rings. The summed E-state index contributed by atoms with van der Waals surface area (Å²) in [6, 6.07) is 22.4. The average molecular weight is 430 g/mol. The Morgan fingerprint density at radius 1 is 0.969 bits per heavy atom. The van der Waals surface area contributed by atoms with Gasteiger partial charge in [-0.25, -0.2) is 0 Å². The second-order valence-electron chi connectivity index (χ2n) is 8.08. The van der Waals surface area contributed by atoms with Crippen molar-refractivity contribution >= 4 is 11.5 Å². The summed E-state index contributed by atoms with van der Waals surface area (Å²) in [6.07, 6.45) is 1.91. The van der Waals surface area contributed by atoms with E-state index in [0.717, 1.165) is 61.2 Å². The van der Waals surface area contributed by atoms with Gasteiger partial charge in [0.05, 0.1) is 6.61 Å². The van der Waals surface area contributed by atoms with Gasteiger partial charge < -0.3 is 14.8 Å². The number of ether oxygens (including phenoxy) is 2. The Hall–Kier alpha value is -3.45. The van der Waals surface area contributed by atoms with Gasteiger partial charge in [0.15, 0.2) is 11.5 Å². The molecule has 7 nitrogen and oxygen atoms in total. The lowest BCUT2D eigenvalue weighted by atomic mass is 9.74. The molecule has 4 aromatic rings. The number of anilines is 1. The van der Waals surface area contributed by atoms with Crippen LogP contribution in [0.5, 0.6) is 5.75 Å². The molecule has 2 aromatic carbocycles. The molecule has 164 valence electrons. The van der Waals surface area contributed by atoms with Crippen molar-refractivity contribution in [1.29, 1.82) is 0 Å². The summed E-state index contributed by atoms with van der Waals surface area (Å²) in [5, 5.41) is 17.0. The van der Waals surface area contributed by atoms with E-state index in [4.69, 9.17) is 14.6 Å². The zero-order valence-electron chi connectivity index (χ0n) is 18.2. The van der Waals surface area contributed by atoms with Crippen molar-refractivity contribution < 1.29 is 9.47 Å². The van der Waals surface area contributed by atoms with E-state index in [1.807, 2.05) is 49.4 Å². The maximum atomic E-state index is 5.68. The molecule has 1 aliphatic heterocycles. The number of nitrogens with one attached hydrogen (secondary N) is 1. The van der Waals surface area contributed by atoms with Crippen molar-refractivity contribution in [1.82, 2.24) is 19.8 Å². The van der Waals surface area contributed by atoms with E-state index in [-0.39, 0.29) is 5.41 Å². The van der Waals surface area contributed by atoms with Crippen LogP contribution in [0, 0.1) is 0 Å². The lowest BCUT2D eigenvalue weighted by Crippen LogP contribution is -2.40. The van der Waals surface area contributed by atoms with E-state index < -0.39 is 0 Å². The van der Waals surface area contributed by atoms with E-state index in [0.29, 0.717) is 6.61 Å². The molecule has 2 aromatic heterocycles. The van der Waals surface area contributed by atoms with Crippen molar-refractivity contribution in [2.75, 3.05) is 31.7 Å². The molecule has 7 heteroatoms. The van der Waals surface area contributed by atoms with Crippen molar-refractivity contribution in [3.8, 4) is 17.1 Å². The summed E-state index contributed by atoms with van der Waals surface area (Å²) in [5.41, 5.74) is 2.99. The highest BCUT2D eigenvalue weighted by atomic mass is 16.5. The molecule has 1 N–H and O–H groups in total. The Kier molecular flexibility index (Phi) is 5.73. The molecule has 0 radical (unpaired) electrons. The molecule has 0 atom stereocenters. The SMILES string of the molecule is CCOc1ccc(C2(CNc3ccc4nnc(-c5ccccc5)n4n3)CCOCC2)cc1. The highest BCUT2D eigenvalue weighted by Crippen LogP contribution is 2.36. The number of hydrogen-bond acceptors (Lipinski definition) is 6. The zero-order chi connectivity index (χ0) is 21.8. The van der Waals surface area contributed by atoms with Gasteiger partial charge in [-0.05, 0) is 49.6 Å². The van der Waals surface area contributed by atoms with Crippen molar-refractivity contribution in [3.63, 3.8) is 0 Å². The minimum absolute atomic E-state index is 0.0188. The fraction of sp³-hybridized carbons (Fsp3) is 0.320. The maximum absolute atomic E-state index is 5.68. The van der Waals surface area contributed by atoms with Crippen LogP contribution in [0.15, 0.2) is 66.7 Å². The van der Waals surface area contributed by atoms with Crippen LogP contribution in [-0.2, 0) is 10.2 Å². The van der Waals surface area contributed by atoms with Crippen molar-refractivity contribution in [2.24, 2.45) is 0 Å².